The molecule has 0 spiro atoms. The van der Waals surface area contributed by atoms with Gasteiger partial charge in [0.15, 0.2) is 0 Å². The van der Waals surface area contributed by atoms with Crippen molar-refractivity contribution in [3.05, 3.63) is 23.8 Å². The summed E-state index contributed by atoms with van der Waals surface area (Å²) in [6.45, 7) is 5.65. The van der Waals surface area contributed by atoms with Gasteiger partial charge >= 0.3 is 0 Å². The van der Waals surface area contributed by atoms with Crippen LogP contribution < -0.4 is 10.1 Å². The van der Waals surface area contributed by atoms with Crippen molar-refractivity contribution in [1.29, 1.82) is 0 Å². The molecule has 1 N–H and O–H groups in total. The van der Waals surface area contributed by atoms with Crippen molar-refractivity contribution in [2.75, 3.05) is 26.7 Å². The van der Waals surface area contributed by atoms with Gasteiger partial charge in [-0.15, -0.1) is 0 Å². The van der Waals surface area contributed by atoms with Crippen LogP contribution in [0.25, 0.3) is 0 Å². The fourth-order valence-corrected chi connectivity index (χ4v) is 4.05. The first-order chi connectivity index (χ1) is 9.45. The van der Waals surface area contributed by atoms with Crippen LogP contribution in [0.2, 0.25) is 0 Å². The van der Waals surface area contributed by atoms with Crippen molar-refractivity contribution in [2.24, 2.45) is 0 Å². The van der Waals surface area contributed by atoms with E-state index >= 15 is 0 Å². The Hall–Kier alpha value is -1.11. The molecule has 0 bridgehead atoms. The smallest absolute Gasteiger partial charge is 0.246 e. The molecule has 1 aliphatic rings. The van der Waals surface area contributed by atoms with Crippen LogP contribution >= 0.6 is 0 Å². The number of ether oxygens (including phenoxy) is 1. The van der Waals surface area contributed by atoms with Gasteiger partial charge in [0.05, 0.1) is 7.11 Å². The Morgan fingerprint density at radius 3 is 2.80 bits per heavy atom. The number of nitrogens with one attached hydrogen (secondary N) is 1. The molecular weight excluding hydrogens is 276 g/mol. The number of methoxy groups -OCH3 is 1. The molecule has 2 rings (SSSR count). The molecule has 112 valence electrons. The summed E-state index contributed by atoms with van der Waals surface area (Å²) in [4.78, 5) is 0.259. The average Bonchev–Trinajstić information content (AvgIpc) is 2.64. The number of benzene rings is 1. The maximum atomic E-state index is 12.8. The number of sulfonamides is 1. The zero-order valence-corrected chi connectivity index (χ0v) is 13.0. The van der Waals surface area contributed by atoms with Crippen molar-refractivity contribution in [2.45, 2.75) is 31.2 Å². The van der Waals surface area contributed by atoms with Gasteiger partial charge in [-0.25, -0.2) is 8.42 Å². The first kappa shape index (κ1) is 15.3. The van der Waals surface area contributed by atoms with E-state index in [1.807, 2.05) is 13.0 Å². The lowest BCUT2D eigenvalue weighted by atomic mass is 10.2. The van der Waals surface area contributed by atoms with Crippen LogP contribution in [0.1, 0.15) is 18.9 Å². The minimum Gasteiger partial charge on any atom is -0.495 e. The van der Waals surface area contributed by atoms with Crippen LogP contribution in [0.5, 0.6) is 5.75 Å². The second-order valence-electron chi connectivity index (χ2n) is 5.20. The van der Waals surface area contributed by atoms with Crippen LogP contribution in [0.15, 0.2) is 23.1 Å². The Bertz CT molecular complexity index is 572. The maximum Gasteiger partial charge on any atom is 0.246 e. The fraction of sp³-hybridized carbons (Fsp3) is 0.571. The lowest BCUT2D eigenvalue weighted by molar-refractivity contribution is 0.392. The van der Waals surface area contributed by atoms with E-state index in [2.05, 4.69) is 12.2 Å². The van der Waals surface area contributed by atoms with Gasteiger partial charge in [0.2, 0.25) is 10.0 Å². The Labute approximate surface area is 121 Å². The number of hydrogen-bond acceptors (Lipinski definition) is 4. The molecule has 1 fully saturated rings. The molecule has 1 aromatic carbocycles. The summed E-state index contributed by atoms with van der Waals surface area (Å²) in [5.41, 5.74) is 0.908. The molecule has 1 aliphatic heterocycles. The van der Waals surface area contributed by atoms with Gasteiger partial charge in [-0.1, -0.05) is 6.07 Å². The van der Waals surface area contributed by atoms with Crippen molar-refractivity contribution in [1.82, 2.24) is 9.62 Å². The summed E-state index contributed by atoms with van der Waals surface area (Å²) >= 11 is 0. The SMILES string of the molecule is COc1ccc(C)cc1S(=O)(=O)N1CCNC(C)CC1. The van der Waals surface area contributed by atoms with Gasteiger partial charge in [0, 0.05) is 25.7 Å². The molecule has 0 radical (unpaired) electrons. The molecule has 0 aliphatic carbocycles. The summed E-state index contributed by atoms with van der Waals surface area (Å²) in [6, 6.07) is 5.58. The minimum absolute atomic E-state index is 0.259. The normalized spacial score (nSPS) is 21.4. The third kappa shape index (κ3) is 3.13. The highest BCUT2D eigenvalue weighted by Crippen LogP contribution is 2.28. The summed E-state index contributed by atoms with van der Waals surface area (Å²) in [5, 5.41) is 3.30. The fourth-order valence-electron chi connectivity index (χ4n) is 2.35. The van der Waals surface area contributed by atoms with Crippen LogP contribution in [0.3, 0.4) is 0 Å². The van der Waals surface area contributed by atoms with Gasteiger partial charge in [-0.2, -0.15) is 4.31 Å². The Balaban J connectivity index is 2.36. The van der Waals surface area contributed by atoms with Gasteiger partial charge in [-0.3, -0.25) is 0 Å². The van der Waals surface area contributed by atoms with Crippen LogP contribution in [0, 0.1) is 6.92 Å². The van der Waals surface area contributed by atoms with E-state index in [-0.39, 0.29) is 4.90 Å². The summed E-state index contributed by atoms with van der Waals surface area (Å²) in [5.74, 6) is 0.404. The largest absolute Gasteiger partial charge is 0.495 e. The highest BCUT2D eigenvalue weighted by atomic mass is 32.2. The molecule has 1 aromatic rings. The number of hydrogen-bond donors (Lipinski definition) is 1. The highest BCUT2D eigenvalue weighted by molar-refractivity contribution is 7.89. The van der Waals surface area contributed by atoms with Gasteiger partial charge in [-0.05, 0) is 38.0 Å². The first-order valence-electron chi connectivity index (χ1n) is 6.83. The Kier molecular flexibility index (Phi) is 4.67. The van der Waals surface area contributed by atoms with Gasteiger partial charge < -0.3 is 10.1 Å². The maximum absolute atomic E-state index is 12.8. The number of rotatable bonds is 3. The van der Waals surface area contributed by atoms with Crippen molar-refractivity contribution >= 4 is 10.0 Å². The quantitative estimate of drug-likeness (QED) is 0.916. The molecule has 0 aromatic heterocycles. The topological polar surface area (TPSA) is 58.6 Å². The third-order valence-electron chi connectivity index (χ3n) is 3.60. The second kappa shape index (κ2) is 6.11. The van der Waals surface area contributed by atoms with E-state index in [1.165, 1.54) is 7.11 Å². The zero-order chi connectivity index (χ0) is 14.8. The molecule has 1 unspecified atom stereocenters. The Morgan fingerprint density at radius 1 is 1.35 bits per heavy atom. The van der Waals surface area contributed by atoms with E-state index in [0.717, 1.165) is 12.0 Å². The zero-order valence-electron chi connectivity index (χ0n) is 12.2. The van der Waals surface area contributed by atoms with E-state index < -0.39 is 10.0 Å². The van der Waals surface area contributed by atoms with E-state index in [0.29, 0.717) is 31.4 Å². The summed E-state index contributed by atoms with van der Waals surface area (Å²) < 4.78 is 32.3. The third-order valence-corrected chi connectivity index (χ3v) is 5.52. The van der Waals surface area contributed by atoms with Crippen molar-refractivity contribution < 1.29 is 13.2 Å². The molecule has 6 heteroatoms. The molecule has 5 nitrogen and oxygen atoms in total. The monoisotopic (exact) mass is 298 g/mol. The summed E-state index contributed by atoms with van der Waals surface area (Å²) in [6.07, 6.45) is 0.813. The first-order valence-corrected chi connectivity index (χ1v) is 8.27. The van der Waals surface area contributed by atoms with Crippen LogP contribution in [-0.2, 0) is 10.0 Å². The molecule has 0 saturated carbocycles. The molecule has 0 amide bonds. The Morgan fingerprint density at radius 2 is 2.10 bits per heavy atom. The van der Waals surface area contributed by atoms with Gasteiger partial charge in [0.1, 0.15) is 10.6 Å². The van der Waals surface area contributed by atoms with Crippen LogP contribution in [0.4, 0.5) is 0 Å². The molecular formula is C14H22N2O3S. The van der Waals surface area contributed by atoms with Crippen molar-refractivity contribution in [3.8, 4) is 5.75 Å². The predicted octanol–water partition coefficient (Wildman–Crippen LogP) is 1.38. The molecule has 1 saturated heterocycles. The molecule has 1 atom stereocenters. The van der Waals surface area contributed by atoms with E-state index in [9.17, 15) is 8.42 Å². The standard InChI is InChI=1S/C14H22N2O3S/c1-11-4-5-13(19-3)14(10-11)20(17,18)16-8-6-12(2)15-7-9-16/h4-5,10,12,15H,6-9H2,1-3H3. The number of nitrogens with zero attached hydrogens (tertiary/aromatic N) is 1. The highest BCUT2D eigenvalue weighted by Gasteiger charge is 2.29. The lowest BCUT2D eigenvalue weighted by Gasteiger charge is -2.21. The van der Waals surface area contributed by atoms with Gasteiger partial charge in [0.25, 0.3) is 0 Å². The van der Waals surface area contributed by atoms with Crippen LogP contribution in [-0.4, -0.2) is 45.5 Å². The molecule has 1 heterocycles. The predicted molar refractivity (Wildman–Crippen MR) is 78.6 cm³/mol. The van der Waals surface area contributed by atoms with Crippen molar-refractivity contribution in [3.63, 3.8) is 0 Å². The second-order valence-corrected chi connectivity index (χ2v) is 7.11. The lowest BCUT2D eigenvalue weighted by Crippen LogP contribution is -2.34. The van der Waals surface area contributed by atoms with E-state index in [1.54, 1.807) is 16.4 Å². The van der Waals surface area contributed by atoms with E-state index in [4.69, 9.17) is 4.74 Å². The number of aryl methyl sites for hydroxylation is 1. The summed E-state index contributed by atoms with van der Waals surface area (Å²) in [7, 11) is -2.01. The minimum atomic E-state index is -3.51. The average molecular weight is 298 g/mol. The molecule has 20 heavy (non-hydrogen) atoms.